The number of carbonyl (C=O) groups is 1. The van der Waals surface area contributed by atoms with Gasteiger partial charge in [0.2, 0.25) is 0 Å². The molecular weight excluding hydrogens is 356 g/mol. The lowest BCUT2D eigenvalue weighted by Gasteiger charge is -2.31. The molecule has 27 heavy (non-hydrogen) atoms. The predicted molar refractivity (Wildman–Crippen MR) is 112 cm³/mol. The summed E-state index contributed by atoms with van der Waals surface area (Å²) in [7, 11) is 0. The van der Waals surface area contributed by atoms with Crippen LogP contribution in [0.4, 0.5) is 11.4 Å². The number of rotatable bonds is 4. The summed E-state index contributed by atoms with van der Waals surface area (Å²) in [5.74, 6) is -0.155. The van der Waals surface area contributed by atoms with Crippen molar-refractivity contribution in [1.29, 1.82) is 0 Å². The lowest BCUT2D eigenvalue weighted by molar-refractivity contribution is 0.102. The third-order valence-electron chi connectivity index (χ3n) is 4.92. The van der Waals surface area contributed by atoms with Crippen LogP contribution in [0.15, 0.2) is 72.8 Å². The minimum absolute atomic E-state index is 0.155. The normalized spacial score (nSPS) is 13.1. The fraction of sp³-hybridized carbons (Fsp3) is 0.174. The molecule has 1 N–H and O–H groups in total. The smallest absolute Gasteiger partial charge is 0.255 e. The lowest BCUT2D eigenvalue weighted by atomic mass is 10.0. The van der Waals surface area contributed by atoms with E-state index in [0.717, 1.165) is 19.5 Å². The second-order valence-corrected chi connectivity index (χ2v) is 7.19. The number of hydrogen-bond acceptors (Lipinski definition) is 2. The van der Waals surface area contributed by atoms with Gasteiger partial charge in [-0.05, 0) is 54.3 Å². The van der Waals surface area contributed by atoms with Crippen LogP contribution in [-0.4, -0.2) is 12.5 Å². The van der Waals surface area contributed by atoms with Crippen LogP contribution in [0.5, 0.6) is 0 Å². The number of hydrogen-bond donors (Lipinski definition) is 1. The number of halogens is 1. The summed E-state index contributed by atoms with van der Waals surface area (Å²) in [6.45, 7) is 1.91. The van der Waals surface area contributed by atoms with E-state index >= 15 is 0 Å². The van der Waals surface area contributed by atoms with Crippen molar-refractivity contribution in [2.45, 2.75) is 19.4 Å². The number of carbonyl (C=O) groups excluding carboxylic acids is 1. The Bertz CT molecular complexity index is 953. The third kappa shape index (κ3) is 3.99. The monoisotopic (exact) mass is 376 g/mol. The van der Waals surface area contributed by atoms with Gasteiger partial charge in [0.1, 0.15) is 0 Å². The Hall–Kier alpha value is -2.78. The van der Waals surface area contributed by atoms with E-state index < -0.39 is 0 Å². The van der Waals surface area contributed by atoms with Gasteiger partial charge in [0.15, 0.2) is 0 Å². The fourth-order valence-electron chi connectivity index (χ4n) is 3.51. The molecule has 0 saturated heterocycles. The summed E-state index contributed by atoms with van der Waals surface area (Å²) in [6.07, 6.45) is 2.32. The van der Waals surface area contributed by atoms with Crippen molar-refractivity contribution in [1.82, 2.24) is 0 Å². The maximum absolute atomic E-state index is 12.5. The van der Waals surface area contributed by atoms with Gasteiger partial charge in [-0.25, -0.2) is 0 Å². The van der Waals surface area contributed by atoms with Crippen LogP contribution in [0.3, 0.4) is 0 Å². The van der Waals surface area contributed by atoms with Gasteiger partial charge in [-0.15, -0.1) is 0 Å². The number of fused-ring (bicyclic) bond motifs is 1. The maximum atomic E-state index is 12.5. The summed E-state index contributed by atoms with van der Waals surface area (Å²) in [5.41, 5.74) is 5.18. The largest absolute Gasteiger partial charge is 0.367 e. The van der Waals surface area contributed by atoms with Crippen molar-refractivity contribution < 1.29 is 4.79 Å². The minimum Gasteiger partial charge on any atom is -0.367 e. The number of para-hydroxylation sites is 2. The van der Waals surface area contributed by atoms with Gasteiger partial charge in [-0.3, -0.25) is 4.79 Å². The molecule has 3 aromatic carbocycles. The van der Waals surface area contributed by atoms with Crippen molar-refractivity contribution in [2.24, 2.45) is 0 Å². The molecule has 0 unspecified atom stereocenters. The molecule has 0 saturated carbocycles. The molecule has 1 amide bonds. The number of anilines is 2. The summed E-state index contributed by atoms with van der Waals surface area (Å²) in [4.78, 5) is 14.9. The van der Waals surface area contributed by atoms with Gasteiger partial charge in [-0.1, -0.05) is 54.1 Å². The van der Waals surface area contributed by atoms with Crippen LogP contribution in [-0.2, 0) is 13.0 Å². The molecule has 0 fully saturated rings. The highest BCUT2D eigenvalue weighted by Gasteiger charge is 2.16. The van der Waals surface area contributed by atoms with E-state index in [1.54, 1.807) is 12.1 Å². The van der Waals surface area contributed by atoms with E-state index in [1.165, 1.54) is 23.2 Å². The Kier molecular flexibility index (Phi) is 5.12. The predicted octanol–water partition coefficient (Wildman–Crippen LogP) is 5.55. The van der Waals surface area contributed by atoms with E-state index in [4.69, 9.17) is 11.6 Å². The molecule has 3 aromatic rings. The zero-order chi connectivity index (χ0) is 18.6. The molecule has 0 atom stereocenters. The Morgan fingerprint density at radius 3 is 2.52 bits per heavy atom. The average Bonchev–Trinajstić information content (AvgIpc) is 2.70. The molecule has 0 aliphatic carbocycles. The summed E-state index contributed by atoms with van der Waals surface area (Å²) in [5, 5.41) is 3.39. The molecule has 0 spiro atoms. The molecule has 0 aromatic heterocycles. The van der Waals surface area contributed by atoms with Crippen molar-refractivity contribution in [3.05, 3.63) is 94.5 Å². The van der Waals surface area contributed by atoms with E-state index in [2.05, 4.69) is 34.5 Å². The van der Waals surface area contributed by atoms with Gasteiger partial charge in [-0.2, -0.15) is 0 Å². The van der Waals surface area contributed by atoms with Crippen LogP contribution in [0.25, 0.3) is 0 Å². The summed E-state index contributed by atoms with van der Waals surface area (Å²) < 4.78 is 0. The molecular formula is C23H21ClN2O. The topological polar surface area (TPSA) is 32.3 Å². The Morgan fingerprint density at radius 2 is 1.70 bits per heavy atom. The Balaban J connectivity index is 1.45. The highest BCUT2D eigenvalue weighted by Crippen LogP contribution is 2.28. The average molecular weight is 377 g/mol. The van der Waals surface area contributed by atoms with Crippen molar-refractivity contribution >= 4 is 28.9 Å². The van der Waals surface area contributed by atoms with Crippen LogP contribution >= 0.6 is 11.6 Å². The van der Waals surface area contributed by atoms with E-state index in [1.807, 2.05) is 36.4 Å². The highest BCUT2D eigenvalue weighted by molar-refractivity contribution is 6.33. The molecule has 3 nitrogen and oxygen atoms in total. The first-order valence-corrected chi connectivity index (χ1v) is 9.56. The fourth-order valence-corrected chi connectivity index (χ4v) is 3.70. The van der Waals surface area contributed by atoms with Crippen LogP contribution in [0.2, 0.25) is 5.02 Å². The molecule has 0 radical (unpaired) electrons. The van der Waals surface area contributed by atoms with Gasteiger partial charge in [0.25, 0.3) is 5.91 Å². The van der Waals surface area contributed by atoms with E-state index in [0.29, 0.717) is 16.3 Å². The molecule has 0 bridgehead atoms. The maximum Gasteiger partial charge on any atom is 0.255 e. The summed E-state index contributed by atoms with van der Waals surface area (Å²) >= 11 is 6.11. The van der Waals surface area contributed by atoms with Crippen molar-refractivity contribution in [3.8, 4) is 0 Å². The van der Waals surface area contributed by atoms with Crippen LogP contribution in [0, 0.1) is 0 Å². The number of nitrogens with zero attached hydrogens (tertiary/aromatic N) is 1. The Morgan fingerprint density at radius 1 is 0.963 bits per heavy atom. The second kappa shape index (κ2) is 7.85. The summed E-state index contributed by atoms with van der Waals surface area (Å²) in [6, 6.07) is 23.6. The number of nitrogens with one attached hydrogen (secondary N) is 1. The van der Waals surface area contributed by atoms with Gasteiger partial charge < -0.3 is 10.2 Å². The third-order valence-corrected chi connectivity index (χ3v) is 5.25. The van der Waals surface area contributed by atoms with Crippen molar-refractivity contribution in [3.63, 3.8) is 0 Å². The number of aryl methyl sites for hydroxylation is 1. The number of amides is 1. The van der Waals surface area contributed by atoms with Gasteiger partial charge >= 0.3 is 0 Å². The number of benzene rings is 3. The molecule has 136 valence electrons. The Labute approximate surface area is 164 Å². The quantitative estimate of drug-likeness (QED) is 0.647. The molecule has 4 rings (SSSR count). The highest BCUT2D eigenvalue weighted by atomic mass is 35.5. The minimum atomic E-state index is -0.155. The zero-order valence-corrected chi connectivity index (χ0v) is 15.7. The second-order valence-electron chi connectivity index (χ2n) is 6.78. The van der Waals surface area contributed by atoms with Crippen molar-refractivity contribution in [2.75, 3.05) is 16.8 Å². The molecule has 1 heterocycles. The zero-order valence-electron chi connectivity index (χ0n) is 15.0. The first kappa shape index (κ1) is 17.6. The lowest BCUT2D eigenvalue weighted by Crippen LogP contribution is -2.28. The molecule has 4 heteroatoms. The molecule has 1 aliphatic rings. The SMILES string of the molecule is O=C(Nc1ccccc1Cl)c1ccc(CN2CCCc3ccccc32)cc1. The first-order valence-electron chi connectivity index (χ1n) is 9.18. The van der Waals surface area contributed by atoms with Gasteiger partial charge in [0.05, 0.1) is 10.7 Å². The standard InChI is InChI=1S/C23H21ClN2O/c24-20-8-2-3-9-21(20)25-23(27)19-13-11-17(12-14-19)16-26-15-5-7-18-6-1-4-10-22(18)26/h1-4,6,8-14H,5,7,15-16H2,(H,25,27). The molecule has 1 aliphatic heterocycles. The first-order chi connectivity index (χ1) is 13.2. The van der Waals surface area contributed by atoms with Crippen LogP contribution in [0.1, 0.15) is 27.9 Å². The van der Waals surface area contributed by atoms with E-state index in [-0.39, 0.29) is 5.91 Å². The van der Waals surface area contributed by atoms with E-state index in [9.17, 15) is 4.79 Å². The van der Waals surface area contributed by atoms with Gasteiger partial charge in [0, 0.05) is 24.3 Å². The van der Waals surface area contributed by atoms with Crippen LogP contribution < -0.4 is 10.2 Å².